The third-order valence-electron chi connectivity index (χ3n) is 6.61. The zero-order valence-corrected chi connectivity index (χ0v) is 15.9. The van der Waals surface area contributed by atoms with Crippen molar-refractivity contribution < 1.29 is 14.3 Å². The minimum absolute atomic E-state index is 0.178. The summed E-state index contributed by atoms with van der Waals surface area (Å²) in [7, 11) is 0. The normalized spacial score (nSPS) is 25.4. The Morgan fingerprint density at radius 1 is 1.23 bits per heavy atom. The van der Waals surface area contributed by atoms with Crippen molar-refractivity contribution in [2.45, 2.75) is 39.0 Å². The van der Waals surface area contributed by atoms with Gasteiger partial charge in [-0.3, -0.25) is 4.79 Å². The first-order valence-corrected chi connectivity index (χ1v) is 10.2. The molecule has 1 spiro atoms. The van der Waals surface area contributed by atoms with E-state index in [0.717, 1.165) is 75.8 Å². The number of rotatable bonds is 5. The number of hydrogen-bond acceptors (Lipinski definition) is 3. The minimum Gasteiger partial charge on any atom is -0.381 e. The molecule has 1 aliphatic carbocycles. The van der Waals surface area contributed by atoms with Crippen LogP contribution in [0.3, 0.4) is 0 Å². The lowest BCUT2D eigenvalue weighted by atomic mass is 9.66. The highest BCUT2D eigenvalue weighted by Gasteiger charge is 2.44. The third kappa shape index (κ3) is 3.96. The predicted molar refractivity (Wildman–Crippen MR) is 101 cm³/mol. The molecule has 1 saturated carbocycles. The standard InChI is InChI=1S/C22H31NO3/c1-17-3-2-4-19(13-17)21(24)23-10-7-22(8-11-23)9-12-25-15-20(22)16-26-14-18-5-6-18/h2-4,13,18,20H,5-12,14-16H2,1H3/t20-/m0/s1. The molecular weight excluding hydrogens is 326 g/mol. The van der Waals surface area contributed by atoms with Crippen molar-refractivity contribution in [3.05, 3.63) is 35.4 Å². The van der Waals surface area contributed by atoms with Gasteiger partial charge in [-0.15, -0.1) is 0 Å². The maximum atomic E-state index is 12.8. The second kappa shape index (κ2) is 7.69. The van der Waals surface area contributed by atoms with Gasteiger partial charge >= 0.3 is 0 Å². The van der Waals surface area contributed by atoms with Gasteiger partial charge < -0.3 is 14.4 Å². The Kier molecular flexibility index (Phi) is 5.32. The lowest BCUT2D eigenvalue weighted by Gasteiger charge is -2.49. The van der Waals surface area contributed by atoms with Crippen LogP contribution in [0, 0.1) is 24.2 Å². The van der Waals surface area contributed by atoms with E-state index in [2.05, 4.69) is 0 Å². The summed E-state index contributed by atoms with van der Waals surface area (Å²) in [6.07, 6.45) is 5.93. The molecule has 2 saturated heterocycles. The number of nitrogens with zero attached hydrogens (tertiary/aromatic N) is 1. The Balaban J connectivity index is 1.36. The molecule has 4 nitrogen and oxygen atoms in total. The van der Waals surface area contributed by atoms with Crippen LogP contribution in [0.1, 0.15) is 48.0 Å². The average Bonchev–Trinajstić information content (AvgIpc) is 3.48. The molecule has 1 aromatic rings. The summed E-state index contributed by atoms with van der Waals surface area (Å²) in [6.45, 7) is 7.16. The van der Waals surface area contributed by atoms with Crippen LogP contribution in [0.25, 0.3) is 0 Å². The van der Waals surface area contributed by atoms with E-state index >= 15 is 0 Å². The Labute approximate surface area is 156 Å². The molecule has 1 amide bonds. The average molecular weight is 357 g/mol. The van der Waals surface area contributed by atoms with Gasteiger partial charge in [-0.1, -0.05) is 17.7 Å². The molecule has 0 aromatic heterocycles. The van der Waals surface area contributed by atoms with E-state index in [-0.39, 0.29) is 5.91 Å². The van der Waals surface area contributed by atoms with Crippen LogP contribution in [-0.2, 0) is 9.47 Å². The fraction of sp³-hybridized carbons (Fsp3) is 0.682. The highest BCUT2D eigenvalue weighted by atomic mass is 16.5. The molecule has 142 valence electrons. The zero-order chi connectivity index (χ0) is 18.0. The SMILES string of the molecule is Cc1cccc(C(=O)N2CCC3(CCOC[C@H]3COCC3CC3)CC2)c1. The molecule has 2 aliphatic heterocycles. The van der Waals surface area contributed by atoms with Crippen molar-refractivity contribution in [1.82, 2.24) is 4.90 Å². The van der Waals surface area contributed by atoms with Crippen molar-refractivity contribution in [2.75, 3.05) is 39.5 Å². The van der Waals surface area contributed by atoms with Gasteiger partial charge in [0.05, 0.1) is 13.2 Å². The van der Waals surface area contributed by atoms with Crippen LogP contribution in [0.2, 0.25) is 0 Å². The largest absolute Gasteiger partial charge is 0.381 e. The topological polar surface area (TPSA) is 38.8 Å². The molecule has 26 heavy (non-hydrogen) atoms. The first kappa shape index (κ1) is 18.0. The summed E-state index contributed by atoms with van der Waals surface area (Å²) >= 11 is 0. The van der Waals surface area contributed by atoms with Crippen LogP contribution in [0.4, 0.5) is 0 Å². The number of carbonyl (C=O) groups excluding carboxylic acids is 1. The van der Waals surface area contributed by atoms with Crippen molar-refractivity contribution in [3.63, 3.8) is 0 Å². The highest BCUT2D eigenvalue weighted by molar-refractivity contribution is 5.94. The molecule has 3 aliphatic rings. The van der Waals surface area contributed by atoms with Gasteiger partial charge in [-0.2, -0.15) is 0 Å². The first-order chi connectivity index (χ1) is 12.7. The van der Waals surface area contributed by atoms with Crippen LogP contribution < -0.4 is 0 Å². The molecule has 0 N–H and O–H groups in total. The fourth-order valence-corrected chi connectivity index (χ4v) is 4.54. The molecule has 4 rings (SSSR count). The number of benzene rings is 1. The number of carbonyl (C=O) groups is 1. The fourth-order valence-electron chi connectivity index (χ4n) is 4.54. The number of amides is 1. The second-order valence-electron chi connectivity index (χ2n) is 8.53. The third-order valence-corrected chi connectivity index (χ3v) is 6.61. The Bertz CT molecular complexity index is 632. The molecule has 0 radical (unpaired) electrons. The summed E-state index contributed by atoms with van der Waals surface area (Å²) in [4.78, 5) is 14.9. The number of piperidine rings is 1. The second-order valence-corrected chi connectivity index (χ2v) is 8.53. The molecule has 0 unspecified atom stereocenters. The van der Waals surface area contributed by atoms with E-state index in [9.17, 15) is 4.79 Å². The predicted octanol–water partition coefficient (Wildman–Crippen LogP) is 3.68. The molecule has 3 fully saturated rings. The van der Waals surface area contributed by atoms with E-state index in [1.54, 1.807) is 0 Å². The monoisotopic (exact) mass is 357 g/mol. The summed E-state index contributed by atoms with van der Waals surface area (Å²) in [5, 5.41) is 0. The minimum atomic E-state index is 0.178. The van der Waals surface area contributed by atoms with E-state index in [0.29, 0.717) is 11.3 Å². The summed E-state index contributed by atoms with van der Waals surface area (Å²) in [5.41, 5.74) is 2.25. The van der Waals surface area contributed by atoms with E-state index < -0.39 is 0 Å². The summed E-state index contributed by atoms with van der Waals surface area (Å²) in [5.74, 6) is 1.47. The van der Waals surface area contributed by atoms with Crippen molar-refractivity contribution in [3.8, 4) is 0 Å². The Hall–Kier alpha value is -1.39. The van der Waals surface area contributed by atoms with E-state index in [4.69, 9.17) is 9.47 Å². The molecule has 2 heterocycles. The molecule has 1 aromatic carbocycles. The number of ether oxygens (including phenoxy) is 2. The van der Waals surface area contributed by atoms with Gasteiger partial charge in [0.1, 0.15) is 0 Å². The lowest BCUT2D eigenvalue weighted by Crippen LogP contribution is -2.50. The first-order valence-electron chi connectivity index (χ1n) is 10.2. The van der Waals surface area contributed by atoms with Crippen LogP contribution >= 0.6 is 0 Å². The molecule has 0 bridgehead atoms. The van der Waals surface area contributed by atoms with Crippen molar-refractivity contribution in [1.29, 1.82) is 0 Å². The van der Waals surface area contributed by atoms with Gasteiger partial charge in [0.15, 0.2) is 0 Å². The molecular formula is C22H31NO3. The van der Waals surface area contributed by atoms with Gasteiger partial charge in [0.2, 0.25) is 0 Å². The molecule has 4 heteroatoms. The Morgan fingerprint density at radius 2 is 2.04 bits per heavy atom. The number of likely N-dealkylation sites (tertiary alicyclic amines) is 1. The van der Waals surface area contributed by atoms with Crippen LogP contribution in [0.15, 0.2) is 24.3 Å². The maximum Gasteiger partial charge on any atom is 0.253 e. The van der Waals surface area contributed by atoms with Crippen LogP contribution in [-0.4, -0.2) is 50.3 Å². The van der Waals surface area contributed by atoms with Crippen molar-refractivity contribution in [2.24, 2.45) is 17.3 Å². The number of aryl methyl sites for hydroxylation is 1. The lowest BCUT2D eigenvalue weighted by molar-refractivity contribution is -0.0975. The number of hydrogen-bond donors (Lipinski definition) is 0. The van der Waals surface area contributed by atoms with Gasteiger partial charge in [0.25, 0.3) is 5.91 Å². The zero-order valence-electron chi connectivity index (χ0n) is 15.9. The van der Waals surface area contributed by atoms with Gasteiger partial charge in [0, 0.05) is 37.8 Å². The maximum absolute atomic E-state index is 12.8. The van der Waals surface area contributed by atoms with E-state index in [1.807, 2.05) is 36.1 Å². The molecule has 1 atom stereocenters. The van der Waals surface area contributed by atoms with Gasteiger partial charge in [-0.05, 0) is 62.5 Å². The van der Waals surface area contributed by atoms with Crippen molar-refractivity contribution >= 4 is 5.91 Å². The Morgan fingerprint density at radius 3 is 2.77 bits per heavy atom. The quantitative estimate of drug-likeness (QED) is 0.807. The van der Waals surface area contributed by atoms with E-state index in [1.165, 1.54) is 12.8 Å². The smallest absolute Gasteiger partial charge is 0.253 e. The summed E-state index contributed by atoms with van der Waals surface area (Å²) < 4.78 is 11.8. The van der Waals surface area contributed by atoms with Gasteiger partial charge in [-0.25, -0.2) is 0 Å². The highest BCUT2D eigenvalue weighted by Crippen LogP contribution is 2.45. The summed E-state index contributed by atoms with van der Waals surface area (Å²) in [6, 6.07) is 7.94. The van der Waals surface area contributed by atoms with Crippen LogP contribution in [0.5, 0.6) is 0 Å².